The molecular weight excluding hydrogens is 298 g/mol. The lowest BCUT2D eigenvalue weighted by atomic mass is 10.2. The number of halogens is 1. The molecule has 2 fully saturated rings. The molecule has 4 rings (SSSR count). The van der Waals surface area contributed by atoms with Crippen molar-refractivity contribution in [2.24, 2.45) is 5.92 Å². The van der Waals surface area contributed by atoms with Gasteiger partial charge in [-0.25, -0.2) is 4.98 Å². The molecule has 1 aromatic heterocycles. The largest absolute Gasteiger partial charge is 0.353 e. The fourth-order valence-corrected chi connectivity index (χ4v) is 3.19. The van der Waals surface area contributed by atoms with E-state index in [1.807, 2.05) is 29.2 Å². The Balaban J connectivity index is 1.48. The monoisotopic (exact) mass is 315 g/mol. The van der Waals surface area contributed by atoms with Crippen LogP contribution in [0, 0.1) is 5.92 Å². The van der Waals surface area contributed by atoms with Crippen molar-refractivity contribution in [3.05, 3.63) is 35.4 Å². The normalized spacial score (nSPS) is 18.8. The van der Waals surface area contributed by atoms with Crippen molar-refractivity contribution in [2.75, 3.05) is 31.1 Å². The zero-order valence-electron chi connectivity index (χ0n) is 12.3. The van der Waals surface area contributed by atoms with Gasteiger partial charge in [-0.05, 0) is 43.2 Å². The second-order valence-corrected chi connectivity index (χ2v) is 6.53. The third-order valence-electron chi connectivity index (χ3n) is 4.48. The molecule has 0 unspecified atom stereocenters. The van der Waals surface area contributed by atoms with Crippen molar-refractivity contribution in [1.29, 1.82) is 0 Å². The van der Waals surface area contributed by atoms with E-state index in [2.05, 4.69) is 11.0 Å². The standard InChI is InChI=1S/C17H18ClN3O/c18-14-4-5-15-13(11-14)3-6-16(19-15)20-7-9-21(10-8-20)17(22)12-1-2-12/h3-6,11-12H,1-2,7-10H2. The maximum Gasteiger partial charge on any atom is 0.225 e. The van der Waals surface area contributed by atoms with Crippen LogP contribution in [0.2, 0.25) is 5.02 Å². The first-order valence-electron chi connectivity index (χ1n) is 7.81. The van der Waals surface area contributed by atoms with Crippen molar-refractivity contribution >= 4 is 34.2 Å². The first-order valence-corrected chi connectivity index (χ1v) is 8.18. The highest BCUT2D eigenvalue weighted by Crippen LogP contribution is 2.31. The van der Waals surface area contributed by atoms with Crippen LogP contribution in [0.4, 0.5) is 5.82 Å². The van der Waals surface area contributed by atoms with E-state index in [9.17, 15) is 4.79 Å². The molecule has 2 aromatic rings. The number of anilines is 1. The second kappa shape index (κ2) is 5.43. The molecule has 5 heteroatoms. The van der Waals surface area contributed by atoms with Gasteiger partial charge in [0, 0.05) is 42.5 Å². The third kappa shape index (κ3) is 2.63. The van der Waals surface area contributed by atoms with Crippen molar-refractivity contribution in [3.63, 3.8) is 0 Å². The van der Waals surface area contributed by atoms with Gasteiger partial charge in [0.15, 0.2) is 0 Å². The summed E-state index contributed by atoms with van der Waals surface area (Å²) in [6, 6.07) is 9.85. The Bertz CT molecular complexity index is 721. The van der Waals surface area contributed by atoms with Gasteiger partial charge < -0.3 is 9.80 Å². The lowest BCUT2D eigenvalue weighted by Gasteiger charge is -2.35. The number of pyridine rings is 1. The number of hydrogen-bond acceptors (Lipinski definition) is 3. The Morgan fingerprint density at radius 3 is 2.59 bits per heavy atom. The summed E-state index contributed by atoms with van der Waals surface area (Å²) in [6.45, 7) is 3.31. The van der Waals surface area contributed by atoms with Gasteiger partial charge in [-0.3, -0.25) is 4.79 Å². The van der Waals surface area contributed by atoms with Crippen LogP contribution in [0.5, 0.6) is 0 Å². The van der Waals surface area contributed by atoms with Crippen LogP contribution in [0.3, 0.4) is 0 Å². The van der Waals surface area contributed by atoms with Gasteiger partial charge in [-0.15, -0.1) is 0 Å². The van der Waals surface area contributed by atoms with E-state index in [-0.39, 0.29) is 0 Å². The molecule has 114 valence electrons. The SMILES string of the molecule is O=C(C1CC1)N1CCN(c2ccc3cc(Cl)ccc3n2)CC1. The Morgan fingerprint density at radius 1 is 1.09 bits per heavy atom. The molecule has 1 saturated carbocycles. The van der Waals surface area contributed by atoms with Crippen LogP contribution < -0.4 is 4.90 Å². The van der Waals surface area contributed by atoms with Gasteiger partial charge in [0.25, 0.3) is 0 Å². The number of rotatable bonds is 2. The number of carbonyl (C=O) groups excluding carboxylic acids is 1. The number of aromatic nitrogens is 1. The smallest absolute Gasteiger partial charge is 0.225 e. The highest BCUT2D eigenvalue weighted by molar-refractivity contribution is 6.31. The summed E-state index contributed by atoms with van der Waals surface area (Å²) in [5, 5.41) is 1.79. The highest BCUT2D eigenvalue weighted by Gasteiger charge is 2.34. The maximum absolute atomic E-state index is 12.1. The molecule has 2 heterocycles. The van der Waals surface area contributed by atoms with Crippen LogP contribution in [-0.4, -0.2) is 42.0 Å². The van der Waals surface area contributed by atoms with E-state index >= 15 is 0 Å². The van der Waals surface area contributed by atoms with Crippen LogP contribution in [-0.2, 0) is 4.79 Å². The molecule has 22 heavy (non-hydrogen) atoms. The van der Waals surface area contributed by atoms with Crippen LogP contribution >= 0.6 is 11.6 Å². The molecule has 4 nitrogen and oxygen atoms in total. The molecule has 0 N–H and O–H groups in total. The summed E-state index contributed by atoms with van der Waals surface area (Å²) in [6.07, 6.45) is 2.15. The Labute approximate surface area is 134 Å². The van der Waals surface area contributed by atoms with Gasteiger partial charge in [0.1, 0.15) is 5.82 Å². The van der Waals surface area contributed by atoms with Gasteiger partial charge in [0.2, 0.25) is 5.91 Å². The quantitative estimate of drug-likeness (QED) is 0.855. The first kappa shape index (κ1) is 13.8. The van der Waals surface area contributed by atoms with Crippen LogP contribution in [0.25, 0.3) is 10.9 Å². The van der Waals surface area contributed by atoms with Crippen molar-refractivity contribution in [3.8, 4) is 0 Å². The van der Waals surface area contributed by atoms with Gasteiger partial charge in [0.05, 0.1) is 5.52 Å². The van der Waals surface area contributed by atoms with Crippen molar-refractivity contribution in [1.82, 2.24) is 9.88 Å². The summed E-state index contributed by atoms with van der Waals surface area (Å²) < 4.78 is 0. The first-order chi connectivity index (χ1) is 10.7. The molecule has 2 aliphatic rings. The molecule has 1 amide bonds. The molecule has 1 saturated heterocycles. The van der Waals surface area contributed by atoms with E-state index in [0.29, 0.717) is 11.8 Å². The van der Waals surface area contributed by atoms with Crippen LogP contribution in [0.15, 0.2) is 30.3 Å². The zero-order valence-corrected chi connectivity index (χ0v) is 13.1. The maximum atomic E-state index is 12.1. The second-order valence-electron chi connectivity index (χ2n) is 6.09. The Hall–Kier alpha value is -1.81. The van der Waals surface area contributed by atoms with E-state index in [0.717, 1.165) is 60.8 Å². The van der Waals surface area contributed by atoms with Crippen molar-refractivity contribution < 1.29 is 4.79 Å². The summed E-state index contributed by atoms with van der Waals surface area (Å²) in [7, 11) is 0. The minimum Gasteiger partial charge on any atom is -0.353 e. The number of carbonyl (C=O) groups is 1. The zero-order chi connectivity index (χ0) is 15.1. The number of piperazine rings is 1. The van der Waals surface area contributed by atoms with E-state index < -0.39 is 0 Å². The summed E-state index contributed by atoms with van der Waals surface area (Å²) >= 11 is 6.01. The number of hydrogen-bond donors (Lipinski definition) is 0. The summed E-state index contributed by atoms with van der Waals surface area (Å²) in [4.78, 5) is 21.1. The number of benzene rings is 1. The van der Waals surface area contributed by atoms with Crippen LogP contribution in [0.1, 0.15) is 12.8 Å². The lowest BCUT2D eigenvalue weighted by molar-refractivity contribution is -0.132. The topological polar surface area (TPSA) is 36.4 Å². The number of nitrogens with zero attached hydrogens (tertiary/aromatic N) is 3. The predicted molar refractivity (Wildman–Crippen MR) is 88.3 cm³/mol. The van der Waals surface area contributed by atoms with Gasteiger partial charge in [-0.1, -0.05) is 11.6 Å². The molecule has 0 bridgehead atoms. The Kier molecular flexibility index (Phi) is 3.41. The lowest BCUT2D eigenvalue weighted by Crippen LogP contribution is -2.49. The predicted octanol–water partition coefficient (Wildman–Crippen LogP) is 2.95. The third-order valence-corrected chi connectivity index (χ3v) is 4.71. The minimum atomic E-state index is 0.315. The molecule has 0 spiro atoms. The molecular formula is C17H18ClN3O. The molecule has 0 radical (unpaired) electrons. The average molecular weight is 316 g/mol. The molecule has 1 aromatic carbocycles. The average Bonchev–Trinajstić information content (AvgIpc) is 3.39. The van der Waals surface area contributed by atoms with Gasteiger partial charge in [-0.2, -0.15) is 0 Å². The van der Waals surface area contributed by atoms with E-state index in [1.165, 1.54) is 0 Å². The summed E-state index contributed by atoms with van der Waals surface area (Å²) in [5.41, 5.74) is 0.957. The molecule has 1 aliphatic heterocycles. The van der Waals surface area contributed by atoms with Gasteiger partial charge >= 0.3 is 0 Å². The number of amides is 1. The van der Waals surface area contributed by atoms with E-state index in [1.54, 1.807) is 0 Å². The highest BCUT2D eigenvalue weighted by atomic mass is 35.5. The Morgan fingerprint density at radius 2 is 1.86 bits per heavy atom. The van der Waals surface area contributed by atoms with Crippen molar-refractivity contribution in [2.45, 2.75) is 12.8 Å². The fraction of sp³-hybridized carbons (Fsp3) is 0.412. The molecule has 0 atom stereocenters. The summed E-state index contributed by atoms with van der Waals surface area (Å²) in [5.74, 6) is 1.64. The molecule has 1 aliphatic carbocycles. The minimum absolute atomic E-state index is 0.315. The fourth-order valence-electron chi connectivity index (χ4n) is 3.01. The van der Waals surface area contributed by atoms with E-state index in [4.69, 9.17) is 16.6 Å². The number of fused-ring (bicyclic) bond motifs is 1.